The maximum absolute atomic E-state index is 13.6. The van der Waals surface area contributed by atoms with Crippen LogP contribution in [-0.2, 0) is 28.0 Å². The number of carbonyl (C=O) groups is 5. The van der Waals surface area contributed by atoms with Gasteiger partial charge in [0.05, 0.1) is 42.9 Å². The molecule has 4 heterocycles. The molecule has 15 heteroatoms. The van der Waals surface area contributed by atoms with Crippen LogP contribution < -0.4 is 30.8 Å². The molecule has 2 aliphatic heterocycles. The zero-order valence-electron chi connectivity index (χ0n) is 32.9. The summed E-state index contributed by atoms with van der Waals surface area (Å²) in [4.78, 5) is 83.8. The molecule has 0 spiro atoms. The van der Waals surface area contributed by atoms with Crippen LogP contribution in [0.3, 0.4) is 0 Å². The van der Waals surface area contributed by atoms with Crippen molar-refractivity contribution in [2.45, 2.75) is 51.1 Å². The van der Waals surface area contributed by atoms with E-state index in [2.05, 4.69) is 22.2 Å². The number of fused-ring (bicyclic) bond motifs is 2. The number of benzene rings is 2. The normalized spacial score (nSPS) is 22.6. The van der Waals surface area contributed by atoms with Crippen molar-refractivity contribution in [2.24, 2.45) is 36.0 Å². The highest BCUT2D eigenvalue weighted by molar-refractivity contribution is 6.24. The highest BCUT2D eigenvalue weighted by Crippen LogP contribution is 2.73. The third-order valence-electron chi connectivity index (χ3n) is 12.8. The van der Waals surface area contributed by atoms with Gasteiger partial charge in [-0.15, -0.1) is 0 Å². The quantitative estimate of drug-likeness (QED) is 0.168. The van der Waals surface area contributed by atoms with Gasteiger partial charge in [-0.3, -0.25) is 44.0 Å². The van der Waals surface area contributed by atoms with Gasteiger partial charge in [0.1, 0.15) is 23.3 Å². The van der Waals surface area contributed by atoms with Crippen LogP contribution in [0.25, 0.3) is 21.9 Å². The molecule has 58 heavy (non-hydrogen) atoms. The van der Waals surface area contributed by atoms with Gasteiger partial charge in [0.15, 0.2) is 0 Å². The largest absolute Gasteiger partial charge is 0.496 e. The third kappa shape index (κ3) is 6.46. The maximum atomic E-state index is 13.6. The molecule has 2 bridgehead atoms. The molecule has 3 aliphatic carbocycles. The first-order valence-corrected chi connectivity index (χ1v) is 19.5. The van der Waals surface area contributed by atoms with Crippen molar-refractivity contribution < 1.29 is 38.2 Å². The van der Waals surface area contributed by atoms with Gasteiger partial charge in [0, 0.05) is 57.1 Å². The minimum absolute atomic E-state index is 0.0269. The van der Waals surface area contributed by atoms with Crippen LogP contribution in [0.15, 0.2) is 59.8 Å². The topological polar surface area (TPSA) is 192 Å². The lowest BCUT2D eigenvalue weighted by Crippen LogP contribution is -2.67. The molecule has 3 saturated carbocycles. The molecule has 0 radical (unpaired) electrons. The molecule has 3 atom stereocenters. The molecular formula is C43H46N6O9. The lowest BCUT2D eigenvalue weighted by Gasteiger charge is -2.72. The van der Waals surface area contributed by atoms with E-state index in [1.165, 1.54) is 6.07 Å². The fraction of sp³-hybridized carbons (Fsp3) is 0.419. The number of hydrogen-bond acceptors (Lipinski definition) is 11. The number of nitrogens with two attached hydrogens (primary N) is 1. The van der Waals surface area contributed by atoms with Crippen LogP contribution in [0.5, 0.6) is 17.2 Å². The lowest BCUT2D eigenvalue weighted by molar-refractivity contribution is -0.235. The summed E-state index contributed by atoms with van der Waals surface area (Å²) >= 11 is 0. The van der Waals surface area contributed by atoms with Crippen molar-refractivity contribution in [2.75, 3.05) is 34.4 Å². The summed E-state index contributed by atoms with van der Waals surface area (Å²) in [6, 6.07) is 9.47. The van der Waals surface area contributed by atoms with Crippen LogP contribution >= 0.6 is 0 Å². The minimum atomic E-state index is -1.08. The Hall–Kier alpha value is -6.09. The number of piperidine rings is 1. The van der Waals surface area contributed by atoms with E-state index in [-0.39, 0.29) is 65.5 Å². The monoisotopic (exact) mass is 790 g/mol. The van der Waals surface area contributed by atoms with Gasteiger partial charge >= 0.3 is 0 Å². The summed E-state index contributed by atoms with van der Waals surface area (Å²) in [7, 11) is 7.03. The lowest BCUT2D eigenvalue weighted by atomic mass is 9.33. The van der Waals surface area contributed by atoms with Gasteiger partial charge in [-0.25, -0.2) is 0 Å². The average Bonchev–Trinajstić information content (AvgIpc) is 3.43. The van der Waals surface area contributed by atoms with E-state index in [9.17, 15) is 28.8 Å². The number of nitrogens with one attached hydrogen (secondary N) is 1. The predicted molar refractivity (Wildman–Crippen MR) is 211 cm³/mol. The van der Waals surface area contributed by atoms with E-state index in [1.54, 1.807) is 50.4 Å². The molecule has 15 nitrogen and oxygen atoms in total. The van der Waals surface area contributed by atoms with Crippen molar-refractivity contribution in [3.8, 4) is 28.4 Å². The highest BCUT2D eigenvalue weighted by atomic mass is 16.5. The second-order valence-electron chi connectivity index (χ2n) is 16.1. The number of ether oxygens (including phenoxy) is 3. The highest BCUT2D eigenvalue weighted by Gasteiger charge is 2.67. The summed E-state index contributed by atoms with van der Waals surface area (Å²) in [5.41, 5.74) is 8.40. The molecule has 302 valence electrons. The van der Waals surface area contributed by atoms with Crippen molar-refractivity contribution in [1.29, 1.82) is 0 Å². The summed E-state index contributed by atoms with van der Waals surface area (Å²) in [6.45, 7) is 1.49. The number of carbonyl (C=O) groups excluding carboxylic acids is 5. The summed E-state index contributed by atoms with van der Waals surface area (Å²) < 4.78 is 19.6. The van der Waals surface area contributed by atoms with Gasteiger partial charge in [-0.05, 0) is 97.2 Å². The van der Waals surface area contributed by atoms with Crippen molar-refractivity contribution in [1.82, 2.24) is 24.7 Å². The molecule has 2 aromatic carbocycles. The first-order valence-electron chi connectivity index (χ1n) is 19.5. The second-order valence-corrected chi connectivity index (χ2v) is 16.1. The summed E-state index contributed by atoms with van der Waals surface area (Å²) in [6.07, 6.45) is 7.83. The standard InChI is InChI=1S/C43H46N6O9/c1-47(20-30-34(56-3)14-23(15-35(30)57-4)29-21-48(2)40(53)28-19-45-12-10-26(28)29)22-31-24-17-43(31,18-24)25(16-36(44)50)11-13-58-33-7-5-6-27-38(33)42(55)49(41(27)54)32-8-9-37(51)46-39(32)52/h5-7,10,12,14-15,19,21,24-25,31-32H,8-9,11,13,16-18,20,22H2,1-4H3,(H2,44,50)(H,46,51,52). The fourth-order valence-electron chi connectivity index (χ4n) is 9.88. The predicted octanol–water partition coefficient (Wildman–Crippen LogP) is 3.44. The SMILES string of the molecule is COc1cc(-c2cn(C)c(=O)c3cnccc23)cc(OC)c1CN(C)CC1C2CC1(C(CCOc1cccc3c1C(=O)N(C1CCC(=O)NC1=O)C3=O)CC(N)=O)C2. The number of hydrogen-bond donors (Lipinski definition) is 2. The third-order valence-corrected chi connectivity index (χ3v) is 12.8. The molecule has 4 fully saturated rings. The molecule has 1 saturated heterocycles. The first kappa shape index (κ1) is 38.8. The van der Waals surface area contributed by atoms with Gasteiger partial charge in [0.2, 0.25) is 17.7 Å². The molecular weight excluding hydrogens is 745 g/mol. The van der Waals surface area contributed by atoms with Gasteiger partial charge in [-0.2, -0.15) is 0 Å². The summed E-state index contributed by atoms with van der Waals surface area (Å²) in [5, 5.41) is 3.52. The number of methoxy groups -OCH3 is 2. The van der Waals surface area contributed by atoms with Crippen LogP contribution in [0.1, 0.15) is 64.8 Å². The number of primary amides is 1. The molecule has 5 amide bonds. The molecule has 3 N–H and O–H groups in total. The van der Waals surface area contributed by atoms with Crippen LogP contribution in [-0.4, -0.2) is 89.3 Å². The minimum Gasteiger partial charge on any atom is -0.496 e. The number of rotatable bonds is 15. The number of imide groups is 2. The average molecular weight is 791 g/mol. The number of pyridine rings is 2. The Bertz CT molecular complexity index is 2410. The van der Waals surface area contributed by atoms with E-state index in [0.29, 0.717) is 41.7 Å². The van der Waals surface area contributed by atoms with Crippen molar-refractivity contribution >= 4 is 40.3 Å². The number of amides is 5. The zero-order chi connectivity index (χ0) is 41.0. The summed E-state index contributed by atoms with van der Waals surface area (Å²) in [5.74, 6) is -0.417. The van der Waals surface area contributed by atoms with E-state index >= 15 is 0 Å². The van der Waals surface area contributed by atoms with E-state index in [4.69, 9.17) is 19.9 Å². The molecule has 2 aromatic heterocycles. The first-order chi connectivity index (χ1) is 27.8. The Morgan fingerprint density at radius 2 is 1.76 bits per heavy atom. The van der Waals surface area contributed by atoms with Crippen LogP contribution in [0.4, 0.5) is 0 Å². The van der Waals surface area contributed by atoms with Crippen LogP contribution in [0.2, 0.25) is 0 Å². The Morgan fingerprint density at radius 3 is 2.41 bits per heavy atom. The van der Waals surface area contributed by atoms with Crippen molar-refractivity contribution in [3.63, 3.8) is 0 Å². The second kappa shape index (κ2) is 15.0. The molecule has 9 rings (SSSR count). The fourth-order valence-corrected chi connectivity index (χ4v) is 9.88. The van der Waals surface area contributed by atoms with Crippen molar-refractivity contribution in [3.05, 3.63) is 82.0 Å². The Morgan fingerprint density at radius 1 is 1.02 bits per heavy atom. The Labute approximate surface area is 334 Å². The van der Waals surface area contributed by atoms with E-state index in [0.717, 1.165) is 46.4 Å². The van der Waals surface area contributed by atoms with Gasteiger partial charge in [0.25, 0.3) is 17.4 Å². The van der Waals surface area contributed by atoms with E-state index in [1.807, 2.05) is 24.4 Å². The molecule has 4 aromatic rings. The molecule has 3 unspecified atom stereocenters. The number of aromatic nitrogens is 2. The smallest absolute Gasteiger partial charge is 0.266 e. The van der Waals surface area contributed by atoms with Gasteiger partial charge < -0.3 is 29.4 Å². The Balaban J connectivity index is 0.961. The zero-order valence-corrected chi connectivity index (χ0v) is 32.9. The number of nitrogens with zero attached hydrogens (tertiary/aromatic N) is 4. The van der Waals surface area contributed by atoms with Gasteiger partial charge in [-0.1, -0.05) is 6.07 Å². The number of aryl methyl sites for hydroxylation is 1. The van der Waals surface area contributed by atoms with E-state index < -0.39 is 29.7 Å². The van der Waals surface area contributed by atoms with Crippen LogP contribution in [0, 0.1) is 23.2 Å². The molecule has 5 aliphatic rings. The maximum Gasteiger partial charge on any atom is 0.266 e. The Kier molecular flexibility index (Phi) is 10.0.